The summed E-state index contributed by atoms with van der Waals surface area (Å²) in [7, 11) is 3.48. The van der Waals surface area contributed by atoms with E-state index in [0.717, 1.165) is 0 Å². The normalized spacial score (nSPS) is 14.5. The van der Waals surface area contributed by atoms with Gasteiger partial charge in [-0.2, -0.15) is 0 Å². The summed E-state index contributed by atoms with van der Waals surface area (Å²) < 4.78 is 0. The molecular weight excluding hydrogens is 106 g/mol. The molecule has 0 saturated heterocycles. The molecule has 8 heavy (non-hydrogen) atoms. The smallest absolute Gasteiger partial charge is 0.164 e. The Morgan fingerprint density at radius 2 is 2.00 bits per heavy atom. The lowest BCUT2D eigenvalue weighted by Gasteiger charge is -2.00. The number of nitrogens with zero attached hydrogens (tertiary/aromatic N) is 3. The molecule has 0 spiro atoms. The fraction of sp³-hybridized carbons (Fsp3) is 1.00. The summed E-state index contributed by atoms with van der Waals surface area (Å²) in [6.45, 7) is 1.55. The van der Waals surface area contributed by atoms with Crippen molar-refractivity contribution in [1.29, 1.82) is 0 Å². The van der Waals surface area contributed by atoms with Gasteiger partial charge in [0.05, 0.1) is 0 Å². The highest BCUT2D eigenvalue weighted by atomic mass is 16.3. The van der Waals surface area contributed by atoms with Crippen molar-refractivity contribution in [2.24, 2.45) is 10.3 Å². The summed E-state index contributed by atoms with van der Waals surface area (Å²) in [6.07, 6.45) is -0.697. The Morgan fingerprint density at radius 3 is 2.12 bits per heavy atom. The molecule has 0 radical (unpaired) electrons. The predicted octanol–water partition coefficient (Wildman–Crippen LogP) is 0.254. The van der Waals surface area contributed by atoms with Gasteiger partial charge in [-0.15, -0.1) is 5.11 Å². The van der Waals surface area contributed by atoms with Gasteiger partial charge in [-0.1, -0.05) is 5.22 Å². The van der Waals surface area contributed by atoms with Crippen molar-refractivity contribution in [3.05, 3.63) is 0 Å². The average molecular weight is 117 g/mol. The topological polar surface area (TPSA) is 48.2 Å². The third-order valence-corrected chi connectivity index (χ3v) is 0.398. The second kappa shape index (κ2) is 3.37. The van der Waals surface area contributed by atoms with E-state index < -0.39 is 6.23 Å². The molecule has 4 nitrogen and oxygen atoms in total. The van der Waals surface area contributed by atoms with Gasteiger partial charge < -0.3 is 5.11 Å². The third kappa shape index (κ3) is 5.36. The van der Waals surface area contributed by atoms with Gasteiger partial charge in [-0.05, 0) is 6.92 Å². The lowest BCUT2D eigenvalue weighted by Crippen LogP contribution is -2.02. The highest BCUT2D eigenvalue weighted by molar-refractivity contribution is 4.30. The predicted molar refractivity (Wildman–Crippen MR) is 30.2 cm³/mol. The average Bonchev–Trinajstić information content (AvgIpc) is 1.61. The monoisotopic (exact) mass is 117 g/mol. The molecule has 0 aromatic heterocycles. The molecule has 0 aromatic carbocycles. The zero-order valence-electron chi connectivity index (χ0n) is 5.37. The first-order valence-corrected chi connectivity index (χ1v) is 2.39. The van der Waals surface area contributed by atoms with Gasteiger partial charge in [0.2, 0.25) is 0 Å². The van der Waals surface area contributed by atoms with E-state index in [1.807, 2.05) is 0 Å². The van der Waals surface area contributed by atoms with Crippen molar-refractivity contribution in [1.82, 2.24) is 5.01 Å². The first kappa shape index (κ1) is 7.36. The third-order valence-electron chi connectivity index (χ3n) is 0.398. The van der Waals surface area contributed by atoms with Crippen molar-refractivity contribution >= 4 is 0 Å². The Labute approximate surface area is 48.8 Å². The van der Waals surface area contributed by atoms with Crippen molar-refractivity contribution in [3.63, 3.8) is 0 Å². The largest absolute Gasteiger partial charge is 0.370 e. The van der Waals surface area contributed by atoms with Crippen molar-refractivity contribution < 1.29 is 5.11 Å². The van der Waals surface area contributed by atoms with Crippen LogP contribution in [-0.4, -0.2) is 30.4 Å². The van der Waals surface area contributed by atoms with E-state index in [-0.39, 0.29) is 0 Å². The molecule has 0 heterocycles. The van der Waals surface area contributed by atoms with Gasteiger partial charge in [0.15, 0.2) is 6.23 Å². The van der Waals surface area contributed by atoms with Gasteiger partial charge in [-0.25, -0.2) is 0 Å². The molecule has 0 fully saturated rings. The minimum atomic E-state index is -0.697. The van der Waals surface area contributed by atoms with Crippen LogP contribution in [0.1, 0.15) is 6.92 Å². The zero-order valence-corrected chi connectivity index (χ0v) is 5.37. The minimum Gasteiger partial charge on any atom is -0.370 e. The maximum Gasteiger partial charge on any atom is 0.164 e. The number of aliphatic hydroxyl groups excluding tert-OH is 1. The van der Waals surface area contributed by atoms with E-state index in [9.17, 15) is 0 Å². The number of rotatable bonds is 2. The lowest BCUT2D eigenvalue weighted by molar-refractivity contribution is 0.183. The van der Waals surface area contributed by atoms with Gasteiger partial charge in [0, 0.05) is 14.1 Å². The first-order valence-electron chi connectivity index (χ1n) is 2.39. The molecule has 0 bridgehead atoms. The van der Waals surface area contributed by atoms with Gasteiger partial charge >= 0.3 is 0 Å². The van der Waals surface area contributed by atoms with Crippen LogP contribution in [0.5, 0.6) is 0 Å². The summed E-state index contributed by atoms with van der Waals surface area (Å²) in [5.74, 6) is 0. The van der Waals surface area contributed by atoms with Crippen LogP contribution < -0.4 is 0 Å². The molecule has 0 amide bonds. The molecule has 0 aliphatic carbocycles. The molecule has 0 rings (SSSR count). The Morgan fingerprint density at radius 1 is 1.50 bits per heavy atom. The highest BCUT2D eigenvalue weighted by Crippen LogP contribution is 1.84. The molecule has 1 atom stereocenters. The zero-order chi connectivity index (χ0) is 6.57. The number of hydrogen-bond donors (Lipinski definition) is 1. The Bertz CT molecular complexity index is 69.4. The van der Waals surface area contributed by atoms with Crippen LogP contribution >= 0.6 is 0 Å². The van der Waals surface area contributed by atoms with E-state index in [4.69, 9.17) is 5.11 Å². The maximum atomic E-state index is 8.51. The standard InChI is InChI=1S/C4H11N3O/c1-4(8)5-6-7(2)3/h4,8H,1-3H3. The van der Waals surface area contributed by atoms with Gasteiger partial charge in [0.1, 0.15) is 0 Å². The number of hydrogen-bond acceptors (Lipinski definition) is 3. The molecular formula is C4H11N3O. The van der Waals surface area contributed by atoms with E-state index in [1.165, 1.54) is 5.01 Å². The second-order valence-electron chi connectivity index (χ2n) is 1.68. The number of aliphatic hydroxyl groups is 1. The maximum absolute atomic E-state index is 8.51. The molecule has 48 valence electrons. The summed E-state index contributed by atoms with van der Waals surface area (Å²) in [4.78, 5) is 0. The summed E-state index contributed by atoms with van der Waals surface area (Å²) in [6, 6.07) is 0. The van der Waals surface area contributed by atoms with Crippen LogP contribution in [-0.2, 0) is 0 Å². The highest BCUT2D eigenvalue weighted by Gasteiger charge is 1.85. The van der Waals surface area contributed by atoms with Crippen LogP contribution in [0.15, 0.2) is 10.3 Å². The molecule has 0 aliphatic heterocycles. The molecule has 1 N–H and O–H groups in total. The van der Waals surface area contributed by atoms with Crippen LogP contribution in [0.3, 0.4) is 0 Å². The summed E-state index contributed by atoms with van der Waals surface area (Å²) in [5, 5.41) is 17.0. The fourth-order valence-corrected chi connectivity index (χ4v) is 0.178. The Hall–Kier alpha value is -0.640. The van der Waals surface area contributed by atoms with E-state index in [1.54, 1.807) is 21.0 Å². The minimum absolute atomic E-state index is 0.697. The Balaban J connectivity index is 3.34. The molecule has 0 saturated carbocycles. The summed E-state index contributed by atoms with van der Waals surface area (Å²) in [5.41, 5.74) is 0. The van der Waals surface area contributed by atoms with E-state index in [2.05, 4.69) is 10.3 Å². The van der Waals surface area contributed by atoms with Crippen molar-refractivity contribution in [2.45, 2.75) is 13.2 Å². The molecule has 4 heteroatoms. The van der Waals surface area contributed by atoms with E-state index >= 15 is 0 Å². The van der Waals surface area contributed by atoms with E-state index in [0.29, 0.717) is 0 Å². The van der Waals surface area contributed by atoms with Crippen molar-refractivity contribution in [2.75, 3.05) is 14.1 Å². The van der Waals surface area contributed by atoms with Crippen molar-refractivity contribution in [3.8, 4) is 0 Å². The van der Waals surface area contributed by atoms with Gasteiger partial charge in [-0.3, -0.25) is 5.01 Å². The second-order valence-corrected chi connectivity index (χ2v) is 1.68. The van der Waals surface area contributed by atoms with Crippen LogP contribution in [0.2, 0.25) is 0 Å². The molecule has 0 aliphatic rings. The fourth-order valence-electron chi connectivity index (χ4n) is 0.178. The Kier molecular flexibility index (Phi) is 3.10. The van der Waals surface area contributed by atoms with Crippen LogP contribution in [0, 0.1) is 0 Å². The van der Waals surface area contributed by atoms with Gasteiger partial charge in [0.25, 0.3) is 0 Å². The van der Waals surface area contributed by atoms with Crippen LogP contribution in [0.25, 0.3) is 0 Å². The lowest BCUT2D eigenvalue weighted by atomic mass is 10.7. The quantitative estimate of drug-likeness (QED) is 0.416. The summed E-state index contributed by atoms with van der Waals surface area (Å²) >= 11 is 0. The van der Waals surface area contributed by atoms with Crippen LogP contribution in [0.4, 0.5) is 0 Å². The first-order chi connectivity index (χ1) is 3.63. The SMILES string of the molecule is CC(O)N=NN(C)C. The molecule has 1 unspecified atom stereocenters. The molecule has 0 aromatic rings.